The van der Waals surface area contributed by atoms with Gasteiger partial charge in [-0.2, -0.15) is 0 Å². The molecule has 0 saturated heterocycles. The van der Waals surface area contributed by atoms with Gasteiger partial charge in [-0.15, -0.1) is 0 Å². The number of nitrogens with one attached hydrogen (secondary N) is 1. The molecule has 2 heteroatoms. The Kier molecular flexibility index (Phi) is 4.99. The summed E-state index contributed by atoms with van der Waals surface area (Å²) >= 11 is 0. The molecule has 0 saturated carbocycles. The summed E-state index contributed by atoms with van der Waals surface area (Å²) in [4.78, 5) is 10.5. The van der Waals surface area contributed by atoms with Crippen LogP contribution in [0.25, 0.3) is 0 Å². The van der Waals surface area contributed by atoms with E-state index in [1.54, 1.807) is 6.92 Å². The minimum atomic E-state index is 0.0758. The molecule has 0 spiro atoms. The van der Waals surface area contributed by atoms with E-state index in [9.17, 15) is 4.79 Å². The Morgan fingerprint density at radius 1 is 1.40 bits per heavy atom. The molecule has 0 aromatic rings. The van der Waals surface area contributed by atoms with Crippen molar-refractivity contribution in [3.63, 3.8) is 0 Å². The van der Waals surface area contributed by atoms with Crippen LogP contribution in [0.15, 0.2) is 0 Å². The summed E-state index contributed by atoms with van der Waals surface area (Å²) in [5.41, 5.74) is 0. The fraction of sp³-hybridized carbons (Fsp3) is 0.875. The topological polar surface area (TPSA) is 29.1 Å². The van der Waals surface area contributed by atoms with Gasteiger partial charge in [0.1, 0.15) is 0 Å². The number of amides is 1. The van der Waals surface area contributed by atoms with Crippen molar-refractivity contribution in [2.75, 3.05) is 6.54 Å². The molecule has 0 aromatic carbocycles. The Morgan fingerprint density at radius 2 is 1.90 bits per heavy atom. The zero-order valence-corrected chi connectivity index (χ0v) is 7.11. The lowest BCUT2D eigenvalue weighted by atomic mass is 10.0. The Hall–Kier alpha value is -0.530. The van der Waals surface area contributed by atoms with E-state index in [0.717, 1.165) is 19.4 Å². The molecule has 0 bridgehead atoms. The average Bonchev–Trinajstić information content (AvgIpc) is 1.90. The van der Waals surface area contributed by atoms with E-state index in [1.165, 1.54) is 0 Å². The van der Waals surface area contributed by atoms with E-state index in [2.05, 4.69) is 19.2 Å². The highest BCUT2D eigenvalue weighted by atomic mass is 16.1. The second-order valence-electron chi connectivity index (χ2n) is 2.62. The van der Waals surface area contributed by atoms with Crippen LogP contribution in [-0.2, 0) is 4.79 Å². The second-order valence-corrected chi connectivity index (χ2v) is 2.62. The van der Waals surface area contributed by atoms with E-state index >= 15 is 0 Å². The summed E-state index contributed by atoms with van der Waals surface area (Å²) in [6.07, 6.45) is 2.30. The van der Waals surface area contributed by atoms with E-state index in [4.69, 9.17) is 0 Å². The van der Waals surface area contributed by atoms with Gasteiger partial charge in [0.15, 0.2) is 0 Å². The largest absolute Gasteiger partial charge is 0.356 e. The summed E-state index contributed by atoms with van der Waals surface area (Å²) in [6.45, 7) is 6.69. The lowest BCUT2D eigenvalue weighted by molar-refractivity contribution is -0.119. The molecule has 0 atom stereocenters. The standard InChI is InChI=1S/C8H17NO/c1-4-8(5-2)6-9-7(3)10/h8H,4-6H2,1-3H3,(H,9,10). The normalized spacial score (nSPS) is 10.0. The van der Waals surface area contributed by atoms with Gasteiger partial charge in [-0.3, -0.25) is 4.79 Å². The highest BCUT2D eigenvalue weighted by Gasteiger charge is 2.02. The molecule has 60 valence electrons. The quantitative estimate of drug-likeness (QED) is 0.635. The van der Waals surface area contributed by atoms with Crippen molar-refractivity contribution in [1.82, 2.24) is 5.32 Å². The van der Waals surface area contributed by atoms with Crippen molar-refractivity contribution < 1.29 is 4.79 Å². The predicted octanol–water partition coefficient (Wildman–Crippen LogP) is 1.56. The molecular formula is C8H17NO. The molecular weight excluding hydrogens is 126 g/mol. The van der Waals surface area contributed by atoms with Gasteiger partial charge >= 0.3 is 0 Å². The van der Waals surface area contributed by atoms with Gasteiger partial charge in [0.25, 0.3) is 0 Å². The smallest absolute Gasteiger partial charge is 0.216 e. The monoisotopic (exact) mass is 143 g/mol. The number of hydrogen-bond donors (Lipinski definition) is 1. The van der Waals surface area contributed by atoms with Gasteiger partial charge in [0, 0.05) is 13.5 Å². The van der Waals surface area contributed by atoms with Gasteiger partial charge in [-0.25, -0.2) is 0 Å². The van der Waals surface area contributed by atoms with Crippen molar-refractivity contribution in [2.24, 2.45) is 5.92 Å². The highest BCUT2D eigenvalue weighted by molar-refractivity contribution is 5.72. The molecule has 0 fully saturated rings. The molecule has 1 amide bonds. The predicted molar refractivity (Wildman–Crippen MR) is 42.8 cm³/mol. The van der Waals surface area contributed by atoms with Gasteiger partial charge < -0.3 is 5.32 Å². The average molecular weight is 143 g/mol. The zero-order chi connectivity index (χ0) is 7.98. The van der Waals surface area contributed by atoms with Crippen LogP contribution < -0.4 is 5.32 Å². The number of carbonyl (C=O) groups excluding carboxylic acids is 1. The maximum absolute atomic E-state index is 10.5. The summed E-state index contributed by atoms with van der Waals surface area (Å²) in [5, 5.41) is 2.81. The molecule has 2 nitrogen and oxygen atoms in total. The molecule has 0 unspecified atom stereocenters. The number of carbonyl (C=O) groups is 1. The summed E-state index contributed by atoms with van der Waals surface area (Å²) in [5.74, 6) is 0.732. The van der Waals surface area contributed by atoms with Crippen LogP contribution in [0.2, 0.25) is 0 Å². The minimum Gasteiger partial charge on any atom is -0.356 e. The van der Waals surface area contributed by atoms with Crippen molar-refractivity contribution >= 4 is 5.91 Å². The van der Waals surface area contributed by atoms with Crippen LogP contribution in [0.5, 0.6) is 0 Å². The number of hydrogen-bond acceptors (Lipinski definition) is 1. The third kappa shape index (κ3) is 4.36. The highest BCUT2D eigenvalue weighted by Crippen LogP contribution is 2.04. The van der Waals surface area contributed by atoms with Crippen LogP contribution in [0.4, 0.5) is 0 Å². The van der Waals surface area contributed by atoms with Crippen LogP contribution in [0.3, 0.4) is 0 Å². The van der Waals surface area contributed by atoms with E-state index < -0.39 is 0 Å². The lowest BCUT2D eigenvalue weighted by Crippen LogP contribution is -2.26. The Morgan fingerprint density at radius 3 is 2.20 bits per heavy atom. The first-order valence-corrected chi connectivity index (χ1v) is 3.95. The van der Waals surface area contributed by atoms with E-state index in [0.29, 0.717) is 5.92 Å². The van der Waals surface area contributed by atoms with Gasteiger partial charge in [-0.1, -0.05) is 26.7 Å². The molecule has 0 aliphatic carbocycles. The SMILES string of the molecule is CCC(CC)CNC(C)=O. The number of rotatable bonds is 4. The van der Waals surface area contributed by atoms with Crippen molar-refractivity contribution in [3.8, 4) is 0 Å². The minimum absolute atomic E-state index is 0.0758. The molecule has 0 aliphatic heterocycles. The van der Waals surface area contributed by atoms with Gasteiger partial charge in [0.2, 0.25) is 5.91 Å². The third-order valence-electron chi connectivity index (χ3n) is 1.79. The van der Waals surface area contributed by atoms with Crippen molar-refractivity contribution in [1.29, 1.82) is 0 Å². The van der Waals surface area contributed by atoms with Gasteiger partial charge in [0.05, 0.1) is 0 Å². The van der Waals surface area contributed by atoms with Crippen molar-refractivity contribution in [3.05, 3.63) is 0 Å². The van der Waals surface area contributed by atoms with Crippen LogP contribution in [0.1, 0.15) is 33.6 Å². The van der Waals surface area contributed by atoms with Crippen LogP contribution in [-0.4, -0.2) is 12.5 Å². The first kappa shape index (κ1) is 9.47. The second kappa shape index (κ2) is 5.27. The maximum Gasteiger partial charge on any atom is 0.216 e. The maximum atomic E-state index is 10.5. The fourth-order valence-corrected chi connectivity index (χ4v) is 0.865. The summed E-state index contributed by atoms with van der Waals surface area (Å²) < 4.78 is 0. The Bertz CT molecular complexity index is 97.4. The first-order chi connectivity index (χ1) is 4.70. The molecule has 1 N–H and O–H groups in total. The molecule has 0 rings (SSSR count). The summed E-state index contributed by atoms with van der Waals surface area (Å²) in [6, 6.07) is 0. The van der Waals surface area contributed by atoms with Crippen molar-refractivity contribution in [2.45, 2.75) is 33.6 Å². The molecule has 0 radical (unpaired) electrons. The van der Waals surface area contributed by atoms with E-state index in [-0.39, 0.29) is 5.91 Å². The van der Waals surface area contributed by atoms with E-state index in [1.807, 2.05) is 0 Å². The fourth-order valence-electron chi connectivity index (χ4n) is 0.865. The molecule has 0 aliphatic rings. The summed E-state index contributed by atoms with van der Waals surface area (Å²) in [7, 11) is 0. The Balaban J connectivity index is 3.34. The van der Waals surface area contributed by atoms with Crippen LogP contribution >= 0.6 is 0 Å². The van der Waals surface area contributed by atoms with Crippen LogP contribution in [0, 0.1) is 5.92 Å². The molecule has 0 aromatic heterocycles. The Labute approximate surface area is 63.0 Å². The third-order valence-corrected chi connectivity index (χ3v) is 1.79. The lowest BCUT2D eigenvalue weighted by Gasteiger charge is -2.11. The zero-order valence-electron chi connectivity index (χ0n) is 7.11. The molecule has 10 heavy (non-hydrogen) atoms. The molecule has 0 heterocycles. The van der Waals surface area contributed by atoms with Gasteiger partial charge in [-0.05, 0) is 5.92 Å². The first-order valence-electron chi connectivity index (χ1n) is 3.95.